The van der Waals surface area contributed by atoms with Crippen molar-refractivity contribution in [3.8, 4) is 5.75 Å². The molecule has 2 atom stereocenters. The summed E-state index contributed by atoms with van der Waals surface area (Å²) in [6.07, 6.45) is -4.63. The van der Waals surface area contributed by atoms with Crippen LogP contribution in [0.4, 0.5) is 22.0 Å². The van der Waals surface area contributed by atoms with Gasteiger partial charge in [0.15, 0.2) is 21.4 Å². The van der Waals surface area contributed by atoms with E-state index >= 15 is 4.39 Å². The minimum absolute atomic E-state index is 0.0767. The Morgan fingerprint density at radius 2 is 1.77 bits per heavy atom. The predicted octanol–water partition coefficient (Wildman–Crippen LogP) is 5.87. The summed E-state index contributed by atoms with van der Waals surface area (Å²) in [7, 11) is -4.51. The van der Waals surface area contributed by atoms with Crippen molar-refractivity contribution >= 4 is 15.5 Å². The van der Waals surface area contributed by atoms with Crippen molar-refractivity contribution < 1.29 is 39.9 Å². The van der Waals surface area contributed by atoms with Gasteiger partial charge in [-0.15, -0.1) is 0 Å². The summed E-state index contributed by atoms with van der Waals surface area (Å²) >= 11 is 0. The lowest BCUT2D eigenvalue weighted by atomic mass is 9.72. The first kappa shape index (κ1) is 25.4. The molecular weight excluding hydrogens is 493 g/mol. The van der Waals surface area contributed by atoms with Crippen LogP contribution in [-0.4, -0.2) is 27.3 Å². The Kier molecular flexibility index (Phi) is 6.58. The number of nitrogens with zero attached hydrogens (tertiary/aromatic N) is 1. The van der Waals surface area contributed by atoms with Gasteiger partial charge in [0.05, 0.1) is 28.3 Å². The van der Waals surface area contributed by atoms with Gasteiger partial charge in [-0.2, -0.15) is 13.2 Å². The number of oxime groups is 1. The van der Waals surface area contributed by atoms with Crippen molar-refractivity contribution in [2.45, 2.75) is 48.9 Å². The molecule has 1 heterocycles. The zero-order chi connectivity index (χ0) is 25.6. The Balaban J connectivity index is 1.84. The van der Waals surface area contributed by atoms with E-state index < -0.39 is 60.1 Å². The van der Waals surface area contributed by atoms with Crippen LogP contribution in [0.1, 0.15) is 44.2 Å². The summed E-state index contributed by atoms with van der Waals surface area (Å²) in [5.74, 6) is -3.02. The van der Waals surface area contributed by atoms with Crippen molar-refractivity contribution in [3.05, 3.63) is 59.2 Å². The maximum Gasteiger partial charge on any atom is 0.416 e. The van der Waals surface area contributed by atoms with Gasteiger partial charge >= 0.3 is 6.18 Å². The largest absolute Gasteiger partial charge is 0.490 e. The fourth-order valence-electron chi connectivity index (χ4n) is 4.74. The molecule has 0 aromatic heterocycles. The van der Waals surface area contributed by atoms with E-state index in [2.05, 4.69) is 5.16 Å². The molecule has 5 nitrogen and oxygen atoms in total. The second-order valence-electron chi connectivity index (χ2n) is 9.21. The molecule has 0 unspecified atom stereocenters. The highest BCUT2D eigenvalue weighted by atomic mass is 32.2. The van der Waals surface area contributed by atoms with Gasteiger partial charge < -0.3 is 9.57 Å². The van der Waals surface area contributed by atoms with Crippen molar-refractivity contribution in [2.24, 2.45) is 17.0 Å². The molecule has 0 amide bonds. The summed E-state index contributed by atoms with van der Waals surface area (Å²) in [4.78, 5) is 4.92. The van der Waals surface area contributed by atoms with Gasteiger partial charge in [-0.3, -0.25) is 0 Å². The Hall–Kier alpha value is -2.69. The number of hydrogen-bond acceptors (Lipinski definition) is 5. The highest BCUT2D eigenvalue weighted by Gasteiger charge is 2.59. The van der Waals surface area contributed by atoms with Gasteiger partial charge in [0.2, 0.25) is 0 Å². The monoisotopic (exact) mass is 517 g/mol. The minimum atomic E-state index is -4.66. The fourth-order valence-corrected chi connectivity index (χ4v) is 7.08. The number of halogens is 5. The van der Waals surface area contributed by atoms with Gasteiger partial charge in [-0.25, -0.2) is 17.2 Å². The van der Waals surface area contributed by atoms with Crippen LogP contribution in [0.2, 0.25) is 0 Å². The van der Waals surface area contributed by atoms with Crippen molar-refractivity contribution in [1.82, 2.24) is 0 Å². The molecular formula is C24H24F5NO4S. The first-order chi connectivity index (χ1) is 16.4. The molecule has 11 heteroatoms. The lowest BCUT2D eigenvalue weighted by molar-refractivity contribution is -0.137. The van der Waals surface area contributed by atoms with Gasteiger partial charge in [0.1, 0.15) is 17.2 Å². The third-order valence-corrected chi connectivity index (χ3v) is 9.00. The summed E-state index contributed by atoms with van der Waals surface area (Å²) in [5.41, 5.74) is -0.899. The van der Waals surface area contributed by atoms with Crippen LogP contribution < -0.4 is 4.74 Å². The molecule has 4 rings (SSSR count). The Morgan fingerprint density at radius 3 is 2.40 bits per heavy atom. The molecule has 35 heavy (non-hydrogen) atoms. The Bertz CT molecular complexity index is 1240. The quantitative estimate of drug-likeness (QED) is 0.367. The molecule has 0 bridgehead atoms. The molecule has 1 fully saturated rings. The normalized spacial score (nSPS) is 23.5. The molecule has 190 valence electrons. The topological polar surface area (TPSA) is 65.0 Å². The summed E-state index contributed by atoms with van der Waals surface area (Å²) < 4.78 is 101. The van der Waals surface area contributed by atoms with Gasteiger partial charge in [0.25, 0.3) is 0 Å². The molecule has 2 aliphatic rings. The SMILES string of the molecule is CC(C)CO/N=C1/CC[C@@]2(S(=O)(=O)c3ccc(C(F)(F)F)cc3)c3c(F)ccc(F)c3OC[C@H]2C1. The Morgan fingerprint density at radius 1 is 1.11 bits per heavy atom. The van der Waals surface area contributed by atoms with E-state index in [4.69, 9.17) is 9.57 Å². The van der Waals surface area contributed by atoms with Crippen molar-refractivity contribution in [1.29, 1.82) is 0 Å². The lowest BCUT2D eigenvalue weighted by Crippen LogP contribution is -2.52. The van der Waals surface area contributed by atoms with Crippen molar-refractivity contribution in [3.63, 3.8) is 0 Å². The lowest BCUT2D eigenvalue weighted by Gasteiger charge is -2.47. The van der Waals surface area contributed by atoms with Crippen LogP contribution in [0.5, 0.6) is 5.75 Å². The van der Waals surface area contributed by atoms with Crippen LogP contribution in [0.15, 0.2) is 46.4 Å². The molecule has 1 saturated carbocycles. The highest BCUT2D eigenvalue weighted by Crippen LogP contribution is 2.56. The number of ether oxygens (including phenoxy) is 1. The van der Waals surface area contributed by atoms with Gasteiger partial charge in [-0.1, -0.05) is 19.0 Å². The fraction of sp³-hybridized carbons (Fsp3) is 0.458. The minimum Gasteiger partial charge on any atom is -0.490 e. The van der Waals surface area contributed by atoms with Crippen LogP contribution in [0, 0.1) is 23.5 Å². The number of alkyl halides is 3. The molecule has 2 aromatic carbocycles. The zero-order valence-electron chi connectivity index (χ0n) is 19.0. The third-order valence-electron chi connectivity index (χ3n) is 6.41. The van der Waals surface area contributed by atoms with Gasteiger partial charge in [-0.05, 0) is 61.6 Å². The number of sulfone groups is 1. The molecule has 0 saturated heterocycles. The molecule has 0 radical (unpaired) electrons. The average molecular weight is 518 g/mol. The summed E-state index contributed by atoms with van der Waals surface area (Å²) in [6, 6.07) is 4.71. The van der Waals surface area contributed by atoms with Crippen molar-refractivity contribution in [2.75, 3.05) is 13.2 Å². The molecule has 1 aliphatic carbocycles. The van der Waals surface area contributed by atoms with Crippen LogP contribution in [0.3, 0.4) is 0 Å². The van der Waals surface area contributed by atoms with E-state index in [1.54, 1.807) is 0 Å². The first-order valence-corrected chi connectivity index (χ1v) is 12.6. The van der Waals surface area contributed by atoms with E-state index in [1.165, 1.54) is 0 Å². The summed E-state index contributed by atoms with van der Waals surface area (Å²) in [5, 5.41) is 4.11. The smallest absolute Gasteiger partial charge is 0.416 e. The summed E-state index contributed by atoms with van der Waals surface area (Å²) in [6.45, 7) is 3.98. The number of fused-ring (bicyclic) bond motifs is 3. The van der Waals surface area contributed by atoms with Gasteiger partial charge in [0, 0.05) is 5.92 Å². The standard InChI is InChI=1S/C24H24F5NO4S/c1-14(2)12-34-30-17-9-10-23(35(31,32)18-5-3-15(4-6-18)24(27,28)29)16(11-17)13-33-22-20(26)8-7-19(25)21(22)23/h3-8,14,16H,9-13H2,1-2H3/b30-17-/t16-,23+/m1/s1. The number of benzene rings is 2. The van der Waals surface area contributed by atoms with Crippen LogP contribution >= 0.6 is 0 Å². The van der Waals surface area contributed by atoms with Crippen LogP contribution in [-0.2, 0) is 25.6 Å². The third kappa shape index (κ3) is 4.39. The van der Waals surface area contributed by atoms with E-state index in [0.29, 0.717) is 24.5 Å². The molecule has 1 aliphatic heterocycles. The maximum atomic E-state index is 15.2. The van der Waals surface area contributed by atoms with E-state index in [0.717, 1.165) is 24.3 Å². The Labute approximate surface area is 199 Å². The van der Waals surface area contributed by atoms with Crippen LogP contribution in [0.25, 0.3) is 0 Å². The second kappa shape index (κ2) is 9.07. The first-order valence-electron chi connectivity index (χ1n) is 11.1. The van der Waals surface area contributed by atoms with E-state index in [9.17, 15) is 26.0 Å². The highest BCUT2D eigenvalue weighted by molar-refractivity contribution is 7.92. The average Bonchev–Trinajstić information content (AvgIpc) is 2.80. The number of hydrogen-bond donors (Lipinski definition) is 0. The zero-order valence-corrected chi connectivity index (χ0v) is 19.8. The molecule has 2 aromatic rings. The second-order valence-corrected chi connectivity index (χ2v) is 11.4. The molecule has 0 spiro atoms. The van der Waals surface area contributed by atoms with E-state index in [-0.39, 0.29) is 31.8 Å². The maximum absolute atomic E-state index is 15.2. The number of rotatable bonds is 5. The molecule has 0 N–H and O–H groups in total. The van der Waals surface area contributed by atoms with E-state index in [1.807, 2.05) is 13.8 Å². The predicted molar refractivity (Wildman–Crippen MR) is 118 cm³/mol.